The summed E-state index contributed by atoms with van der Waals surface area (Å²) in [5.41, 5.74) is 3.03. The molecule has 0 radical (unpaired) electrons. The summed E-state index contributed by atoms with van der Waals surface area (Å²) in [6.45, 7) is 0. The SMILES string of the molecule is O=C(O)c1cc(-c2ccc(Br)s2)c2nsnc2c1-c1ccc(Br)s1.O=C=O. The van der Waals surface area contributed by atoms with Gasteiger partial charge < -0.3 is 5.11 Å². The highest BCUT2D eigenvalue weighted by Crippen LogP contribution is 2.43. The zero-order chi connectivity index (χ0) is 19.6. The summed E-state index contributed by atoms with van der Waals surface area (Å²) in [4.78, 5) is 30.0. The van der Waals surface area contributed by atoms with Gasteiger partial charge in [-0.3, -0.25) is 0 Å². The molecule has 0 saturated carbocycles. The molecule has 0 unspecified atom stereocenters. The van der Waals surface area contributed by atoms with E-state index in [4.69, 9.17) is 9.59 Å². The Morgan fingerprint density at radius 2 is 1.52 bits per heavy atom. The minimum Gasteiger partial charge on any atom is -0.478 e. The minimum absolute atomic E-state index is 0.240. The lowest BCUT2D eigenvalue weighted by molar-refractivity contribution is -0.191. The van der Waals surface area contributed by atoms with Gasteiger partial charge in [0.15, 0.2) is 0 Å². The molecule has 0 bridgehead atoms. The number of carboxylic acids is 1. The van der Waals surface area contributed by atoms with E-state index >= 15 is 0 Å². The zero-order valence-corrected chi connectivity index (χ0v) is 18.6. The third-order valence-corrected chi connectivity index (χ3v) is 7.25. The van der Waals surface area contributed by atoms with E-state index in [1.807, 2.05) is 24.3 Å². The van der Waals surface area contributed by atoms with Gasteiger partial charge in [0.25, 0.3) is 0 Å². The number of carbonyl (C=O) groups is 1. The minimum atomic E-state index is -0.971. The molecule has 6 nitrogen and oxygen atoms in total. The molecule has 0 aliphatic rings. The first-order valence-corrected chi connectivity index (χ1v) is 10.9. The van der Waals surface area contributed by atoms with Crippen molar-refractivity contribution in [3.05, 3.63) is 43.5 Å². The number of fused-ring (bicyclic) bond motifs is 1. The van der Waals surface area contributed by atoms with Gasteiger partial charge in [0.05, 0.1) is 24.9 Å². The number of carbonyl (C=O) groups excluding carboxylic acids is 2. The highest BCUT2D eigenvalue weighted by molar-refractivity contribution is 9.11. The highest BCUT2D eigenvalue weighted by Gasteiger charge is 2.23. The molecule has 11 heteroatoms. The standard InChI is InChI=1S/C15H6Br2N2O2S3.CO2/c16-10-3-1-8(22-10)6-5-7(15(20)21)12(9-2-4-11(17)23-9)14-13(6)18-24-19-14;2-1-3/h1-5H,(H,20,21);. The molecule has 0 amide bonds. The van der Waals surface area contributed by atoms with Crippen molar-refractivity contribution in [2.45, 2.75) is 0 Å². The molecule has 0 atom stereocenters. The van der Waals surface area contributed by atoms with E-state index < -0.39 is 5.97 Å². The number of rotatable bonds is 3. The average Bonchev–Trinajstić information content (AvgIpc) is 3.35. The van der Waals surface area contributed by atoms with Gasteiger partial charge in [-0.25, -0.2) is 4.79 Å². The van der Waals surface area contributed by atoms with Crippen LogP contribution in [0.1, 0.15) is 10.4 Å². The largest absolute Gasteiger partial charge is 0.478 e. The molecule has 0 saturated heterocycles. The quantitative estimate of drug-likeness (QED) is 0.350. The van der Waals surface area contributed by atoms with E-state index in [0.29, 0.717) is 11.1 Å². The topological polar surface area (TPSA) is 97.2 Å². The molecule has 1 N–H and O–H groups in total. The van der Waals surface area contributed by atoms with Gasteiger partial charge in [0.1, 0.15) is 11.0 Å². The molecule has 0 fully saturated rings. The van der Waals surface area contributed by atoms with Crippen LogP contribution in [0.4, 0.5) is 0 Å². The highest BCUT2D eigenvalue weighted by atomic mass is 79.9. The number of aromatic carboxylic acids is 1. The van der Waals surface area contributed by atoms with Gasteiger partial charge in [0.2, 0.25) is 0 Å². The summed E-state index contributed by atoms with van der Waals surface area (Å²) in [7, 11) is 0. The van der Waals surface area contributed by atoms with Crippen LogP contribution < -0.4 is 0 Å². The van der Waals surface area contributed by atoms with E-state index in [-0.39, 0.29) is 11.7 Å². The fourth-order valence-corrected chi connectivity index (χ4v) is 5.87. The fraction of sp³-hybridized carbons (Fsp3) is 0. The van der Waals surface area contributed by atoms with E-state index in [2.05, 4.69) is 40.6 Å². The maximum absolute atomic E-state index is 11.9. The lowest BCUT2D eigenvalue weighted by Gasteiger charge is -2.08. The van der Waals surface area contributed by atoms with Gasteiger partial charge in [-0.05, 0) is 62.2 Å². The van der Waals surface area contributed by atoms with Gasteiger partial charge in [-0.2, -0.15) is 18.3 Å². The van der Waals surface area contributed by atoms with Crippen LogP contribution in [0.2, 0.25) is 0 Å². The summed E-state index contributed by atoms with van der Waals surface area (Å²) >= 11 is 11.0. The van der Waals surface area contributed by atoms with Crippen molar-refractivity contribution < 1.29 is 19.5 Å². The Hall–Kier alpha value is -1.75. The van der Waals surface area contributed by atoms with Gasteiger partial charge in [0, 0.05) is 20.9 Å². The number of aromatic nitrogens is 2. The Labute approximate surface area is 181 Å². The van der Waals surface area contributed by atoms with Crippen molar-refractivity contribution in [3.8, 4) is 20.9 Å². The maximum atomic E-state index is 11.9. The van der Waals surface area contributed by atoms with Crippen molar-refractivity contribution in [3.63, 3.8) is 0 Å². The Bertz CT molecular complexity index is 1180. The molecular weight excluding hydrogens is 540 g/mol. The van der Waals surface area contributed by atoms with Crippen LogP contribution in [0.3, 0.4) is 0 Å². The molecule has 4 rings (SSSR count). The van der Waals surface area contributed by atoms with Crippen LogP contribution in [0.15, 0.2) is 37.9 Å². The van der Waals surface area contributed by atoms with Crippen LogP contribution in [0, 0.1) is 0 Å². The van der Waals surface area contributed by atoms with Crippen LogP contribution in [-0.4, -0.2) is 26.0 Å². The maximum Gasteiger partial charge on any atom is 0.373 e. The summed E-state index contributed by atoms with van der Waals surface area (Å²) in [6.07, 6.45) is 0.250. The second-order valence-electron chi connectivity index (χ2n) is 4.90. The summed E-state index contributed by atoms with van der Waals surface area (Å²) in [5, 5.41) is 9.75. The number of benzene rings is 1. The molecule has 0 aliphatic carbocycles. The Morgan fingerprint density at radius 3 is 2.04 bits per heavy atom. The van der Waals surface area contributed by atoms with Crippen molar-refractivity contribution in [1.82, 2.24) is 8.75 Å². The number of carboxylic acid groups (broad SMARTS) is 1. The molecule has 4 aromatic rings. The third kappa shape index (κ3) is 4.08. The monoisotopic (exact) mass is 544 g/mol. The molecule has 3 aromatic heterocycles. The van der Waals surface area contributed by atoms with Gasteiger partial charge in [-0.15, -0.1) is 22.7 Å². The first-order valence-electron chi connectivity index (χ1n) is 6.99. The number of thiophene rings is 2. The Balaban J connectivity index is 0.000000659. The van der Waals surface area contributed by atoms with Gasteiger partial charge >= 0.3 is 12.1 Å². The lowest BCUT2D eigenvalue weighted by atomic mass is 9.99. The second kappa shape index (κ2) is 8.51. The smallest absolute Gasteiger partial charge is 0.373 e. The van der Waals surface area contributed by atoms with Crippen molar-refractivity contribution >= 4 is 89.4 Å². The number of hydrogen-bond donors (Lipinski definition) is 1. The first kappa shape index (κ1) is 20.0. The van der Waals surface area contributed by atoms with E-state index in [1.165, 1.54) is 11.3 Å². The van der Waals surface area contributed by atoms with Crippen molar-refractivity contribution in [2.24, 2.45) is 0 Å². The van der Waals surface area contributed by atoms with E-state index in [9.17, 15) is 9.90 Å². The first-order chi connectivity index (χ1) is 13.0. The van der Waals surface area contributed by atoms with Crippen LogP contribution in [0.5, 0.6) is 0 Å². The van der Waals surface area contributed by atoms with Gasteiger partial charge in [-0.1, -0.05) is 0 Å². The second-order valence-corrected chi connectivity index (χ2v) is 10.4. The average molecular weight is 546 g/mol. The predicted molar refractivity (Wildman–Crippen MR) is 111 cm³/mol. The third-order valence-electron chi connectivity index (χ3n) is 3.43. The molecule has 1 aromatic carbocycles. The summed E-state index contributed by atoms with van der Waals surface area (Å²) in [6, 6.07) is 9.40. The lowest BCUT2D eigenvalue weighted by Crippen LogP contribution is -2.01. The van der Waals surface area contributed by atoms with E-state index in [1.54, 1.807) is 17.4 Å². The Kier molecular flexibility index (Phi) is 6.30. The van der Waals surface area contributed by atoms with Crippen LogP contribution in [0.25, 0.3) is 31.9 Å². The number of halogens is 2. The van der Waals surface area contributed by atoms with Crippen LogP contribution >= 0.6 is 66.3 Å². The predicted octanol–water partition coefficient (Wildman–Crippen LogP) is 5.79. The Morgan fingerprint density at radius 1 is 0.963 bits per heavy atom. The number of hydrogen-bond acceptors (Lipinski definition) is 8. The fourth-order valence-electron chi connectivity index (χ4n) is 2.46. The molecule has 27 heavy (non-hydrogen) atoms. The summed E-state index contributed by atoms with van der Waals surface area (Å²) < 4.78 is 10.7. The molecular formula is C16H6Br2N2O4S3. The number of nitrogens with zero attached hydrogens (tertiary/aromatic N) is 2. The molecule has 0 aliphatic heterocycles. The molecule has 136 valence electrons. The molecule has 3 heterocycles. The normalized spacial score (nSPS) is 10.3. The van der Waals surface area contributed by atoms with Crippen molar-refractivity contribution in [2.75, 3.05) is 0 Å². The zero-order valence-electron chi connectivity index (χ0n) is 12.9. The van der Waals surface area contributed by atoms with Crippen molar-refractivity contribution in [1.29, 1.82) is 0 Å². The van der Waals surface area contributed by atoms with E-state index in [0.717, 1.165) is 40.1 Å². The van der Waals surface area contributed by atoms with Crippen LogP contribution in [-0.2, 0) is 9.59 Å². The molecule has 0 spiro atoms. The summed E-state index contributed by atoms with van der Waals surface area (Å²) in [5.74, 6) is -0.971.